The largest absolute Gasteiger partial charge is 0.444 e. The van der Waals surface area contributed by atoms with E-state index in [-0.39, 0.29) is 13.2 Å². The Labute approximate surface area is 153 Å². The quantitative estimate of drug-likeness (QED) is 0.248. The highest BCUT2D eigenvalue weighted by molar-refractivity contribution is 7.89. The van der Waals surface area contributed by atoms with Crippen LogP contribution in [0.2, 0.25) is 0 Å². The van der Waals surface area contributed by atoms with Gasteiger partial charge in [0.15, 0.2) is 4.90 Å². The van der Waals surface area contributed by atoms with E-state index in [0.29, 0.717) is 10.7 Å². The van der Waals surface area contributed by atoms with Gasteiger partial charge in [-0.15, -0.1) is 0 Å². The van der Waals surface area contributed by atoms with E-state index >= 15 is 0 Å². The predicted molar refractivity (Wildman–Crippen MR) is 97.3 cm³/mol. The van der Waals surface area contributed by atoms with Crippen LogP contribution in [0.25, 0.3) is 0 Å². The highest BCUT2D eigenvalue weighted by atomic mass is 32.2. The number of carbonyl (C=O) groups excluding carboxylic acids is 1. The van der Waals surface area contributed by atoms with Crippen LogP contribution in [-0.2, 0) is 14.8 Å². The number of amides is 1. The van der Waals surface area contributed by atoms with Crippen LogP contribution < -0.4 is 0 Å². The molecule has 0 bridgehead atoms. The van der Waals surface area contributed by atoms with E-state index in [1.165, 1.54) is 18.2 Å². The lowest BCUT2D eigenvalue weighted by Gasteiger charge is -2.21. The molecular weight excluding hydrogens is 360 g/mol. The third-order valence-electron chi connectivity index (χ3n) is 3.62. The first kappa shape index (κ1) is 21.6. The average Bonchev–Trinajstić information content (AvgIpc) is 2.62. The Balaban J connectivity index is 3.12. The summed E-state index contributed by atoms with van der Waals surface area (Å²) in [5, 5.41) is 11.2. The lowest BCUT2D eigenvalue weighted by molar-refractivity contribution is -0.387. The molecule has 0 aliphatic carbocycles. The molecule has 0 radical (unpaired) electrons. The Hall–Kier alpha value is -2.42. The molecule has 8 nitrogen and oxygen atoms in total. The molecule has 1 aromatic rings. The fourth-order valence-corrected chi connectivity index (χ4v) is 3.83. The number of hydrogen-bond acceptors (Lipinski definition) is 6. The number of para-hydroxylation sites is 1. The van der Waals surface area contributed by atoms with Crippen molar-refractivity contribution in [2.24, 2.45) is 0 Å². The smallest absolute Gasteiger partial charge is 0.424 e. The molecule has 0 heterocycles. The first-order chi connectivity index (χ1) is 12.4. The lowest BCUT2D eigenvalue weighted by Crippen LogP contribution is -2.38. The van der Waals surface area contributed by atoms with Gasteiger partial charge in [-0.25, -0.2) is 17.5 Å². The number of hydrogen-bond donors (Lipinski definition) is 0. The summed E-state index contributed by atoms with van der Waals surface area (Å²) < 4.78 is 31.2. The van der Waals surface area contributed by atoms with Crippen LogP contribution >= 0.6 is 0 Å². The minimum Gasteiger partial charge on any atom is -0.444 e. The standard InChI is InChI=1S/C17H24N2O6S/c1-3-5-6-7-10-13-18(17(20)25-14-4-2)26(23,24)16-12-9-8-11-15(16)19(21)22/h4,8-9,11-12H,2-3,5-7,10,13-14H2,1H3. The van der Waals surface area contributed by atoms with Gasteiger partial charge in [0.25, 0.3) is 15.7 Å². The third-order valence-corrected chi connectivity index (χ3v) is 5.44. The van der Waals surface area contributed by atoms with Gasteiger partial charge < -0.3 is 4.74 Å². The second kappa shape index (κ2) is 10.5. The second-order valence-electron chi connectivity index (χ2n) is 5.58. The van der Waals surface area contributed by atoms with Crippen molar-refractivity contribution in [1.29, 1.82) is 0 Å². The van der Waals surface area contributed by atoms with Crippen LogP contribution in [0.1, 0.15) is 39.0 Å². The van der Waals surface area contributed by atoms with E-state index < -0.39 is 31.6 Å². The molecule has 0 aliphatic rings. The minimum atomic E-state index is -4.42. The summed E-state index contributed by atoms with van der Waals surface area (Å²) in [6.45, 7) is 5.21. The summed E-state index contributed by atoms with van der Waals surface area (Å²) in [6.07, 6.45) is 4.39. The Bertz CT molecular complexity index is 733. The molecule has 0 atom stereocenters. The van der Waals surface area contributed by atoms with E-state index in [2.05, 4.69) is 13.5 Å². The highest BCUT2D eigenvalue weighted by Gasteiger charge is 2.35. The van der Waals surface area contributed by atoms with Crippen molar-refractivity contribution in [2.75, 3.05) is 13.2 Å². The van der Waals surface area contributed by atoms with Crippen LogP contribution in [0.15, 0.2) is 41.8 Å². The number of unbranched alkanes of at least 4 members (excludes halogenated alkanes) is 4. The van der Waals surface area contributed by atoms with Gasteiger partial charge in [0.2, 0.25) is 0 Å². The molecule has 1 aromatic carbocycles. The lowest BCUT2D eigenvalue weighted by atomic mass is 10.1. The van der Waals surface area contributed by atoms with Gasteiger partial charge in [0.1, 0.15) is 6.61 Å². The number of sulfonamides is 1. The highest BCUT2D eigenvalue weighted by Crippen LogP contribution is 2.27. The molecule has 0 saturated carbocycles. The second-order valence-corrected chi connectivity index (χ2v) is 7.41. The molecule has 1 rings (SSSR count). The number of nitrogens with zero attached hydrogens (tertiary/aromatic N) is 2. The van der Waals surface area contributed by atoms with Crippen molar-refractivity contribution < 1.29 is 22.9 Å². The molecule has 0 aromatic heterocycles. The number of carbonyl (C=O) groups is 1. The maximum Gasteiger partial charge on any atom is 0.424 e. The van der Waals surface area contributed by atoms with Gasteiger partial charge >= 0.3 is 6.09 Å². The molecule has 9 heteroatoms. The van der Waals surface area contributed by atoms with Crippen LogP contribution in [0.3, 0.4) is 0 Å². The Morgan fingerprint density at radius 1 is 1.27 bits per heavy atom. The zero-order valence-corrected chi connectivity index (χ0v) is 15.6. The fraction of sp³-hybridized carbons (Fsp3) is 0.471. The monoisotopic (exact) mass is 384 g/mol. The molecule has 0 saturated heterocycles. The number of nitro benzene ring substituents is 1. The minimum absolute atomic E-state index is 0.103. The maximum absolute atomic E-state index is 12.9. The van der Waals surface area contributed by atoms with E-state index in [4.69, 9.17) is 4.74 Å². The molecular formula is C17H24N2O6S. The SMILES string of the molecule is C=CCOC(=O)N(CCCCCCC)S(=O)(=O)c1ccccc1[N+](=O)[O-]. The predicted octanol–water partition coefficient (Wildman–Crippen LogP) is 3.88. The van der Waals surface area contributed by atoms with Gasteiger partial charge in [-0.2, -0.15) is 0 Å². The molecule has 144 valence electrons. The van der Waals surface area contributed by atoms with Crippen molar-refractivity contribution in [2.45, 2.75) is 43.9 Å². The summed E-state index contributed by atoms with van der Waals surface area (Å²) in [5.41, 5.74) is -0.583. The Morgan fingerprint density at radius 2 is 1.92 bits per heavy atom. The molecule has 0 N–H and O–H groups in total. The van der Waals surface area contributed by atoms with E-state index in [0.717, 1.165) is 37.8 Å². The van der Waals surface area contributed by atoms with Gasteiger partial charge in [-0.1, -0.05) is 57.4 Å². The molecule has 0 fully saturated rings. The number of ether oxygens (including phenoxy) is 1. The molecule has 1 amide bonds. The summed E-state index contributed by atoms with van der Waals surface area (Å²) in [6, 6.07) is 4.93. The van der Waals surface area contributed by atoms with Gasteiger partial charge in [-0.05, 0) is 12.5 Å². The average molecular weight is 384 g/mol. The molecule has 0 spiro atoms. The topological polar surface area (TPSA) is 107 Å². The van der Waals surface area contributed by atoms with Crippen molar-refractivity contribution in [3.05, 3.63) is 47.0 Å². The zero-order chi connectivity index (χ0) is 19.6. The third kappa shape index (κ3) is 5.83. The van der Waals surface area contributed by atoms with Crippen molar-refractivity contribution >= 4 is 21.8 Å². The Kier molecular flexibility index (Phi) is 8.77. The summed E-state index contributed by atoms with van der Waals surface area (Å²) in [4.78, 5) is 22.1. The zero-order valence-electron chi connectivity index (χ0n) is 14.8. The first-order valence-electron chi connectivity index (χ1n) is 8.40. The number of rotatable bonds is 11. The molecule has 0 aliphatic heterocycles. The Morgan fingerprint density at radius 3 is 2.54 bits per heavy atom. The number of benzene rings is 1. The summed E-state index contributed by atoms with van der Waals surface area (Å²) in [7, 11) is -4.42. The van der Waals surface area contributed by atoms with Crippen molar-refractivity contribution in [3.63, 3.8) is 0 Å². The van der Waals surface area contributed by atoms with Crippen LogP contribution in [0.5, 0.6) is 0 Å². The van der Waals surface area contributed by atoms with Crippen LogP contribution in [0, 0.1) is 10.1 Å². The van der Waals surface area contributed by atoms with Gasteiger partial charge in [0.05, 0.1) is 4.92 Å². The summed E-state index contributed by atoms with van der Waals surface area (Å²) in [5.74, 6) is 0. The van der Waals surface area contributed by atoms with E-state index in [1.807, 2.05) is 0 Å². The normalized spacial score (nSPS) is 11.0. The first-order valence-corrected chi connectivity index (χ1v) is 9.84. The fourth-order valence-electron chi connectivity index (χ4n) is 2.32. The van der Waals surface area contributed by atoms with Crippen LogP contribution in [0.4, 0.5) is 10.5 Å². The molecule has 26 heavy (non-hydrogen) atoms. The van der Waals surface area contributed by atoms with Gasteiger partial charge in [-0.3, -0.25) is 10.1 Å². The van der Waals surface area contributed by atoms with E-state index in [9.17, 15) is 23.3 Å². The number of nitro groups is 1. The van der Waals surface area contributed by atoms with Crippen molar-refractivity contribution in [3.8, 4) is 0 Å². The van der Waals surface area contributed by atoms with E-state index in [1.54, 1.807) is 0 Å². The molecule has 0 unspecified atom stereocenters. The maximum atomic E-state index is 12.9. The summed E-state index contributed by atoms with van der Waals surface area (Å²) >= 11 is 0. The van der Waals surface area contributed by atoms with Crippen molar-refractivity contribution in [1.82, 2.24) is 4.31 Å². The van der Waals surface area contributed by atoms with Gasteiger partial charge in [0, 0.05) is 12.6 Å². The van der Waals surface area contributed by atoms with Crippen LogP contribution in [-0.4, -0.2) is 36.9 Å².